The largest absolute Gasteiger partial charge is 0.490 e. The fourth-order valence-electron chi connectivity index (χ4n) is 2.70. The van der Waals surface area contributed by atoms with Gasteiger partial charge in [0.2, 0.25) is 0 Å². The van der Waals surface area contributed by atoms with E-state index in [0.29, 0.717) is 27.1 Å². The Labute approximate surface area is 212 Å². The fourth-order valence-corrected chi connectivity index (χ4v) is 3.57. The smallest absolute Gasteiger partial charge is 0.338 e. The summed E-state index contributed by atoms with van der Waals surface area (Å²) < 4.78 is 17.7. The van der Waals surface area contributed by atoms with Gasteiger partial charge in [0.05, 0.1) is 30.4 Å². The molecule has 6 nitrogen and oxygen atoms in total. The number of hydrogen-bond acceptors (Lipinski definition) is 5. The summed E-state index contributed by atoms with van der Waals surface area (Å²) in [6.07, 6.45) is 2.00. The Hall–Kier alpha value is -2.06. The molecular formula is C25H32Br2O6. The maximum atomic E-state index is 11.6. The predicted molar refractivity (Wildman–Crippen MR) is 137 cm³/mol. The number of benzene rings is 2. The molecule has 0 radical (unpaired) electrons. The van der Waals surface area contributed by atoms with Crippen LogP contribution in [0.3, 0.4) is 0 Å². The SMILES string of the molecule is CCC(C)Oc1cc(Br)cc(C(=O)O)c1C.CCC(C)Oc1cc(Br)cc(C(=O)OC)c1C. The number of carbonyl (C=O) groups excluding carboxylic acids is 1. The molecule has 1 N–H and O–H groups in total. The van der Waals surface area contributed by atoms with Crippen LogP contribution in [0.15, 0.2) is 33.2 Å². The topological polar surface area (TPSA) is 82.1 Å². The summed E-state index contributed by atoms with van der Waals surface area (Å²) in [5, 5.41) is 9.03. The number of carboxylic acids is 1. The van der Waals surface area contributed by atoms with Crippen molar-refractivity contribution < 1.29 is 28.9 Å². The van der Waals surface area contributed by atoms with Crippen LogP contribution in [-0.4, -0.2) is 36.4 Å². The zero-order valence-corrected chi connectivity index (χ0v) is 23.3. The molecule has 0 aliphatic carbocycles. The third-order valence-corrected chi connectivity index (χ3v) is 6.01. The minimum Gasteiger partial charge on any atom is -0.490 e. The van der Waals surface area contributed by atoms with E-state index in [1.54, 1.807) is 25.1 Å². The van der Waals surface area contributed by atoms with Crippen molar-refractivity contribution in [1.82, 2.24) is 0 Å². The number of hydrogen-bond donors (Lipinski definition) is 1. The van der Waals surface area contributed by atoms with E-state index in [4.69, 9.17) is 19.3 Å². The lowest BCUT2D eigenvalue weighted by Crippen LogP contribution is -2.12. The molecule has 2 unspecified atom stereocenters. The molecule has 2 rings (SSSR count). The van der Waals surface area contributed by atoms with Crippen molar-refractivity contribution in [3.8, 4) is 11.5 Å². The summed E-state index contributed by atoms with van der Waals surface area (Å²) >= 11 is 6.65. The maximum absolute atomic E-state index is 11.6. The number of halogens is 2. The Morgan fingerprint density at radius 3 is 1.61 bits per heavy atom. The summed E-state index contributed by atoms with van der Waals surface area (Å²) in [6, 6.07) is 6.99. The van der Waals surface area contributed by atoms with Crippen LogP contribution in [0, 0.1) is 13.8 Å². The Bertz CT molecular complexity index is 974. The van der Waals surface area contributed by atoms with Crippen molar-refractivity contribution >= 4 is 43.8 Å². The standard InChI is InChI=1S/C13H17BrO3.C12H15BrO3/c1-5-8(2)17-12-7-10(14)6-11(9(12)3)13(15)16-4;1-4-7(2)16-11-6-9(13)5-10(8(11)3)12(14)15/h6-8H,5H2,1-4H3;5-7H,4H2,1-3H3,(H,14,15). The average Bonchev–Trinajstić information content (AvgIpc) is 2.77. The van der Waals surface area contributed by atoms with Crippen LogP contribution in [0.2, 0.25) is 0 Å². The molecule has 0 bridgehead atoms. The highest BCUT2D eigenvalue weighted by Gasteiger charge is 2.16. The molecule has 0 aliphatic rings. The fraction of sp³-hybridized carbons (Fsp3) is 0.440. The number of rotatable bonds is 8. The van der Waals surface area contributed by atoms with E-state index in [9.17, 15) is 9.59 Å². The molecule has 8 heteroatoms. The van der Waals surface area contributed by atoms with Gasteiger partial charge in [-0.3, -0.25) is 0 Å². The first kappa shape index (κ1) is 29.0. The zero-order chi connectivity index (χ0) is 25.3. The number of ether oxygens (including phenoxy) is 3. The average molecular weight is 588 g/mol. The second-order valence-electron chi connectivity index (χ2n) is 7.62. The Balaban J connectivity index is 0.000000331. The molecule has 0 spiro atoms. The number of aromatic carboxylic acids is 1. The third kappa shape index (κ3) is 8.66. The lowest BCUT2D eigenvalue weighted by Gasteiger charge is -2.16. The van der Waals surface area contributed by atoms with Crippen LogP contribution in [0.1, 0.15) is 72.4 Å². The first-order valence-electron chi connectivity index (χ1n) is 10.7. The van der Waals surface area contributed by atoms with E-state index in [1.165, 1.54) is 7.11 Å². The molecular weight excluding hydrogens is 556 g/mol. The highest BCUT2D eigenvalue weighted by atomic mass is 79.9. The molecule has 0 aromatic heterocycles. The molecule has 0 aliphatic heterocycles. The first-order chi connectivity index (χ1) is 15.4. The van der Waals surface area contributed by atoms with Crippen molar-refractivity contribution in [3.05, 3.63) is 55.5 Å². The van der Waals surface area contributed by atoms with Crippen molar-refractivity contribution in [2.45, 2.75) is 66.6 Å². The molecule has 0 saturated heterocycles. The Morgan fingerprint density at radius 2 is 1.24 bits per heavy atom. The van der Waals surface area contributed by atoms with Gasteiger partial charge in [-0.1, -0.05) is 45.7 Å². The van der Waals surface area contributed by atoms with Crippen molar-refractivity contribution in [3.63, 3.8) is 0 Å². The van der Waals surface area contributed by atoms with Gasteiger partial charge in [-0.25, -0.2) is 9.59 Å². The van der Waals surface area contributed by atoms with E-state index in [1.807, 2.05) is 33.8 Å². The van der Waals surface area contributed by atoms with Crippen molar-refractivity contribution in [2.24, 2.45) is 0 Å². The minimum absolute atomic E-state index is 0.0784. The van der Waals surface area contributed by atoms with Crippen LogP contribution in [0.25, 0.3) is 0 Å². The van der Waals surface area contributed by atoms with E-state index < -0.39 is 5.97 Å². The maximum Gasteiger partial charge on any atom is 0.338 e. The van der Waals surface area contributed by atoms with Gasteiger partial charge < -0.3 is 19.3 Å². The number of methoxy groups -OCH3 is 1. The Morgan fingerprint density at radius 1 is 0.848 bits per heavy atom. The van der Waals surface area contributed by atoms with Crippen molar-refractivity contribution in [1.29, 1.82) is 0 Å². The van der Waals surface area contributed by atoms with E-state index >= 15 is 0 Å². The van der Waals surface area contributed by atoms with Gasteiger partial charge in [-0.2, -0.15) is 0 Å². The summed E-state index contributed by atoms with van der Waals surface area (Å²) in [5.41, 5.74) is 2.27. The van der Waals surface area contributed by atoms with Gasteiger partial charge in [0, 0.05) is 20.1 Å². The van der Waals surface area contributed by atoms with Gasteiger partial charge in [0.1, 0.15) is 11.5 Å². The highest BCUT2D eigenvalue weighted by Crippen LogP contribution is 2.29. The highest BCUT2D eigenvalue weighted by molar-refractivity contribution is 9.10. The summed E-state index contributed by atoms with van der Waals surface area (Å²) in [6.45, 7) is 11.7. The molecule has 2 atom stereocenters. The monoisotopic (exact) mass is 586 g/mol. The lowest BCUT2D eigenvalue weighted by atomic mass is 10.1. The van der Waals surface area contributed by atoms with Crippen LogP contribution in [0.5, 0.6) is 11.5 Å². The number of carbonyl (C=O) groups is 2. The van der Waals surface area contributed by atoms with Crippen LogP contribution in [-0.2, 0) is 4.74 Å². The second kappa shape index (κ2) is 13.6. The number of esters is 1. The zero-order valence-electron chi connectivity index (χ0n) is 20.1. The van der Waals surface area contributed by atoms with E-state index in [0.717, 1.165) is 22.9 Å². The number of carboxylic acid groups (broad SMARTS) is 1. The molecule has 0 heterocycles. The second-order valence-corrected chi connectivity index (χ2v) is 9.45. The summed E-state index contributed by atoms with van der Waals surface area (Å²) in [7, 11) is 1.37. The lowest BCUT2D eigenvalue weighted by molar-refractivity contribution is 0.0598. The van der Waals surface area contributed by atoms with Gasteiger partial charge >= 0.3 is 11.9 Å². The Kier molecular flexibility index (Phi) is 11.9. The molecule has 2 aromatic carbocycles. The predicted octanol–water partition coefficient (Wildman–Crippen LogP) is 7.35. The van der Waals surface area contributed by atoms with Crippen LogP contribution in [0.4, 0.5) is 0 Å². The molecule has 2 aromatic rings. The van der Waals surface area contributed by atoms with E-state index in [2.05, 4.69) is 38.8 Å². The van der Waals surface area contributed by atoms with Gasteiger partial charge in [-0.15, -0.1) is 0 Å². The molecule has 0 amide bonds. The summed E-state index contributed by atoms with van der Waals surface area (Å²) in [4.78, 5) is 22.6. The van der Waals surface area contributed by atoms with E-state index in [-0.39, 0.29) is 23.7 Å². The molecule has 0 fully saturated rings. The van der Waals surface area contributed by atoms with Crippen molar-refractivity contribution in [2.75, 3.05) is 7.11 Å². The third-order valence-electron chi connectivity index (χ3n) is 5.09. The van der Waals surface area contributed by atoms with Gasteiger partial charge in [0.25, 0.3) is 0 Å². The first-order valence-corrected chi connectivity index (χ1v) is 12.3. The van der Waals surface area contributed by atoms with Crippen LogP contribution >= 0.6 is 31.9 Å². The minimum atomic E-state index is -0.937. The van der Waals surface area contributed by atoms with Crippen LogP contribution < -0.4 is 9.47 Å². The molecule has 33 heavy (non-hydrogen) atoms. The van der Waals surface area contributed by atoms with Gasteiger partial charge in [-0.05, 0) is 64.8 Å². The normalized spacial score (nSPS) is 12.2. The summed E-state index contributed by atoms with van der Waals surface area (Å²) in [5.74, 6) is 0.0563. The van der Waals surface area contributed by atoms with Gasteiger partial charge in [0.15, 0.2) is 0 Å². The molecule has 0 saturated carbocycles. The molecule has 182 valence electrons. The quantitative estimate of drug-likeness (QED) is 0.325.